The lowest BCUT2D eigenvalue weighted by Gasteiger charge is -2.20. The highest BCUT2D eigenvalue weighted by Crippen LogP contribution is 2.27. The molecule has 0 aliphatic carbocycles. The van der Waals surface area contributed by atoms with Crippen LogP contribution in [0.3, 0.4) is 0 Å². The molecule has 0 saturated carbocycles. The largest absolute Gasteiger partial charge is 0.540 e. The van der Waals surface area contributed by atoms with Crippen LogP contribution < -0.4 is 4.43 Å². The lowest BCUT2D eigenvalue weighted by atomic mass is 10.1. The van der Waals surface area contributed by atoms with Crippen molar-refractivity contribution >= 4 is 21.4 Å². The third-order valence-electron chi connectivity index (χ3n) is 2.14. The highest BCUT2D eigenvalue weighted by Gasteiger charge is 2.19. The minimum absolute atomic E-state index is 0.264. The van der Waals surface area contributed by atoms with Gasteiger partial charge in [-0.1, -0.05) is 38.8 Å². The first-order valence-electron chi connectivity index (χ1n) is 4.73. The Kier molecular flexibility index (Phi) is 4.02. The Balaban J connectivity index is 2.50. The zero-order valence-corrected chi connectivity index (χ0v) is 10.6. The van der Waals surface area contributed by atoms with E-state index >= 15 is 0 Å². The molecular formula is C11H15ClOSi. The molecule has 0 unspecified atom stereocenters. The van der Waals surface area contributed by atoms with Crippen LogP contribution in [-0.4, -0.2) is 9.76 Å². The van der Waals surface area contributed by atoms with E-state index in [1.807, 2.05) is 24.3 Å². The van der Waals surface area contributed by atoms with E-state index < -0.39 is 0 Å². The van der Waals surface area contributed by atoms with Gasteiger partial charge < -0.3 is 4.43 Å². The Hall–Kier alpha value is -0.473. The van der Waals surface area contributed by atoms with Crippen LogP contribution in [0.1, 0.15) is 27.2 Å². The standard InChI is InChI=1S/C11H15ClOSi/c1-4-11(2,3)14-13-10-7-5-9(12)6-8-10/h5-8H,4H2,1-3H3. The Bertz CT molecular complexity index is 282. The van der Waals surface area contributed by atoms with E-state index in [4.69, 9.17) is 16.0 Å². The molecule has 0 atom stereocenters. The summed E-state index contributed by atoms with van der Waals surface area (Å²) >= 11 is 5.78. The van der Waals surface area contributed by atoms with Crippen LogP contribution in [0.2, 0.25) is 10.1 Å². The number of benzene rings is 1. The van der Waals surface area contributed by atoms with Gasteiger partial charge in [0.25, 0.3) is 0 Å². The fraction of sp³-hybridized carbons (Fsp3) is 0.455. The zero-order chi connectivity index (χ0) is 10.6. The van der Waals surface area contributed by atoms with Crippen LogP contribution in [0.25, 0.3) is 0 Å². The molecular weight excluding hydrogens is 212 g/mol. The smallest absolute Gasteiger partial charge is 0.317 e. The first-order valence-corrected chi connectivity index (χ1v) is 6.02. The van der Waals surface area contributed by atoms with Gasteiger partial charge in [0.05, 0.1) is 0 Å². The van der Waals surface area contributed by atoms with Crippen molar-refractivity contribution in [3.8, 4) is 5.75 Å². The summed E-state index contributed by atoms with van der Waals surface area (Å²) in [5.74, 6) is 0.897. The summed E-state index contributed by atoms with van der Waals surface area (Å²) in [4.78, 5) is 0. The third kappa shape index (κ3) is 3.72. The van der Waals surface area contributed by atoms with E-state index in [1.54, 1.807) is 0 Å². The van der Waals surface area contributed by atoms with E-state index in [1.165, 1.54) is 0 Å². The molecule has 14 heavy (non-hydrogen) atoms. The molecule has 0 aliphatic rings. The normalized spacial score (nSPS) is 11.4. The van der Waals surface area contributed by atoms with Gasteiger partial charge >= 0.3 is 9.76 Å². The molecule has 2 radical (unpaired) electrons. The van der Waals surface area contributed by atoms with Gasteiger partial charge in [-0.3, -0.25) is 0 Å². The van der Waals surface area contributed by atoms with Gasteiger partial charge in [0.2, 0.25) is 0 Å². The molecule has 1 rings (SSSR count). The Morgan fingerprint density at radius 3 is 2.36 bits per heavy atom. The lowest BCUT2D eigenvalue weighted by molar-refractivity contribution is 0.517. The van der Waals surface area contributed by atoms with Gasteiger partial charge in [-0.15, -0.1) is 0 Å². The van der Waals surface area contributed by atoms with Crippen molar-refractivity contribution in [2.45, 2.75) is 32.2 Å². The molecule has 3 heteroatoms. The van der Waals surface area contributed by atoms with Gasteiger partial charge in [-0.05, 0) is 29.3 Å². The van der Waals surface area contributed by atoms with Crippen molar-refractivity contribution in [2.75, 3.05) is 0 Å². The number of halogens is 1. The van der Waals surface area contributed by atoms with Crippen molar-refractivity contribution in [2.24, 2.45) is 0 Å². The van der Waals surface area contributed by atoms with Gasteiger partial charge in [0.15, 0.2) is 0 Å². The highest BCUT2D eigenvalue weighted by molar-refractivity contribution is 6.33. The molecule has 1 aromatic rings. The predicted molar refractivity (Wildman–Crippen MR) is 62.2 cm³/mol. The summed E-state index contributed by atoms with van der Waals surface area (Å²) < 4.78 is 5.69. The number of hydrogen-bond donors (Lipinski definition) is 0. The second-order valence-electron chi connectivity index (χ2n) is 3.90. The van der Waals surface area contributed by atoms with Gasteiger partial charge in [-0.25, -0.2) is 0 Å². The van der Waals surface area contributed by atoms with E-state index in [0.717, 1.165) is 17.2 Å². The first kappa shape index (κ1) is 11.6. The van der Waals surface area contributed by atoms with Crippen LogP contribution in [0, 0.1) is 0 Å². The quantitative estimate of drug-likeness (QED) is 0.707. The Morgan fingerprint density at radius 1 is 1.29 bits per heavy atom. The van der Waals surface area contributed by atoms with Gasteiger partial charge in [0, 0.05) is 5.02 Å². The van der Waals surface area contributed by atoms with Crippen molar-refractivity contribution in [3.05, 3.63) is 29.3 Å². The van der Waals surface area contributed by atoms with E-state index in [2.05, 4.69) is 20.8 Å². The third-order valence-corrected chi connectivity index (χ3v) is 3.64. The van der Waals surface area contributed by atoms with Crippen LogP contribution in [0.5, 0.6) is 5.75 Å². The van der Waals surface area contributed by atoms with Crippen molar-refractivity contribution in [1.29, 1.82) is 0 Å². The molecule has 0 N–H and O–H groups in total. The van der Waals surface area contributed by atoms with Crippen LogP contribution >= 0.6 is 11.6 Å². The monoisotopic (exact) mass is 226 g/mol. The lowest BCUT2D eigenvalue weighted by Crippen LogP contribution is -2.17. The average molecular weight is 227 g/mol. The van der Waals surface area contributed by atoms with E-state index in [0.29, 0.717) is 9.76 Å². The molecule has 0 spiro atoms. The zero-order valence-electron chi connectivity index (χ0n) is 8.80. The predicted octanol–water partition coefficient (Wildman–Crippen LogP) is 3.95. The molecule has 0 saturated heterocycles. The van der Waals surface area contributed by atoms with Crippen LogP contribution in [0.15, 0.2) is 24.3 Å². The van der Waals surface area contributed by atoms with Crippen molar-refractivity contribution in [3.63, 3.8) is 0 Å². The first-order chi connectivity index (χ1) is 6.53. The van der Waals surface area contributed by atoms with Crippen LogP contribution in [-0.2, 0) is 0 Å². The maximum Gasteiger partial charge on any atom is 0.317 e. The minimum atomic E-state index is 0.264. The fourth-order valence-corrected chi connectivity index (χ4v) is 1.57. The molecule has 0 fully saturated rings. The van der Waals surface area contributed by atoms with Crippen molar-refractivity contribution in [1.82, 2.24) is 0 Å². The van der Waals surface area contributed by atoms with Gasteiger partial charge in [-0.2, -0.15) is 0 Å². The minimum Gasteiger partial charge on any atom is -0.540 e. The fourth-order valence-electron chi connectivity index (χ4n) is 0.772. The highest BCUT2D eigenvalue weighted by atomic mass is 35.5. The summed E-state index contributed by atoms with van der Waals surface area (Å²) in [6, 6.07) is 7.50. The SMILES string of the molecule is CCC(C)(C)[Si]Oc1ccc(Cl)cc1. The van der Waals surface area contributed by atoms with Crippen LogP contribution in [0.4, 0.5) is 0 Å². The second kappa shape index (κ2) is 4.85. The summed E-state index contributed by atoms with van der Waals surface area (Å²) in [6.45, 7) is 6.60. The second-order valence-corrected chi connectivity index (χ2v) is 6.09. The molecule has 0 aliphatic heterocycles. The topological polar surface area (TPSA) is 9.23 Å². The molecule has 76 valence electrons. The maximum atomic E-state index is 5.78. The van der Waals surface area contributed by atoms with E-state index in [-0.39, 0.29) is 5.04 Å². The molecule has 1 nitrogen and oxygen atoms in total. The number of hydrogen-bond acceptors (Lipinski definition) is 1. The molecule has 0 aromatic heterocycles. The van der Waals surface area contributed by atoms with Gasteiger partial charge in [0.1, 0.15) is 5.75 Å². The van der Waals surface area contributed by atoms with E-state index in [9.17, 15) is 0 Å². The molecule has 1 aromatic carbocycles. The maximum absolute atomic E-state index is 5.78. The Labute approximate surface area is 93.4 Å². The average Bonchev–Trinajstić information content (AvgIpc) is 2.17. The molecule has 0 heterocycles. The summed E-state index contributed by atoms with van der Waals surface area (Å²) in [5, 5.41) is 1.01. The van der Waals surface area contributed by atoms with Crippen molar-refractivity contribution < 1.29 is 4.43 Å². The molecule has 0 bridgehead atoms. The summed E-state index contributed by atoms with van der Waals surface area (Å²) in [5.41, 5.74) is 0. The summed E-state index contributed by atoms with van der Waals surface area (Å²) in [6.07, 6.45) is 1.12. The molecule has 0 amide bonds. The Morgan fingerprint density at radius 2 is 1.86 bits per heavy atom. The number of rotatable bonds is 4. The summed E-state index contributed by atoms with van der Waals surface area (Å²) in [7, 11) is 0.490.